The van der Waals surface area contributed by atoms with Crippen LogP contribution in [0.15, 0.2) is 11.6 Å². The maximum Gasteiger partial charge on any atom is 0.0673 e. The monoisotopic (exact) mass is 240 g/mol. The van der Waals surface area contributed by atoms with Gasteiger partial charge >= 0.3 is 0 Å². The summed E-state index contributed by atoms with van der Waals surface area (Å²) in [5.41, 5.74) is 1.46. The smallest absolute Gasteiger partial charge is 0.0673 e. The topological polar surface area (TPSA) is 24.5 Å². The predicted octanol–water partition coefficient (Wildman–Crippen LogP) is 1.90. The first-order valence-electron chi connectivity index (χ1n) is 6.82. The van der Waals surface area contributed by atoms with Crippen LogP contribution in [0.4, 0.5) is 0 Å². The van der Waals surface area contributed by atoms with Crippen molar-refractivity contribution in [3.63, 3.8) is 0 Å². The normalized spacial score (nSPS) is 17.5. The third-order valence-electron chi connectivity index (χ3n) is 3.10. The van der Waals surface area contributed by atoms with Crippen molar-refractivity contribution in [1.82, 2.24) is 10.2 Å². The number of nitrogens with zero attached hydrogens (tertiary/aromatic N) is 1. The van der Waals surface area contributed by atoms with Crippen LogP contribution >= 0.6 is 0 Å². The lowest BCUT2D eigenvalue weighted by Gasteiger charge is -2.26. The summed E-state index contributed by atoms with van der Waals surface area (Å²) in [5, 5.41) is 3.49. The third-order valence-corrected chi connectivity index (χ3v) is 3.10. The highest BCUT2D eigenvalue weighted by atomic mass is 16.5. The van der Waals surface area contributed by atoms with Gasteiger partial charge in [-0.3, -0.25) is 4.90 Å². The minimum atomic E-state index is 0.754. The Morgan fingerprint density at radius 2 is 2.29 bits per heavy atom. The predicted molar refractivity (Wildman–Crippen MR) is 73.3 cm³/mol. The molecule has 0 radical (unpaired) electrons. The molecule has 3 nitrogen and oxygen atoms in total. The molecule has 0 aromatic rings. The summed E-state index contributed by atoms with van der Waals surface area (Å²) >= 11 is 0. The lowest BCUT2D eigenvalue weighted by Crippen LogP contribution is -2.32. The first-order valence-corrected chi connectivity index (χ1v) is 6.82. The summed E-state index contributed by atoms with van der Waals surface area (Å²) in [4.78, 5) is 2.52. The van der Waals surface area contributed by atoms with E-state index in [1.54, 1.807) is 7.11 Å². The SMILES string of the molecule is COCC1=CCN(CCCNCC(C)C)CC1. The molecule has 3 heteroatoms. The van der Waals surface area contributed by atoms with Gasteiger partial charge in [0.2, 0.25) is 0 Å². The largest absolute Gasteiger partial charge is 0.380 e. The third kappa shape index (κ3) is 6.81. The van der Waals surface area contributed by atoms with Crippen molar-refractivity contribution >= 4 is 0 Å². The Bertz CT molecular complexity index is 226. The lowest BCUT2D eigenvalue weighted by atomic mass is 10.1. The van der Waals surface area contributed by atoms with E-state index in [-0.39, 0.29) is 0 Å². The zero-order valence-corrected chi connectivity index (χ0v) is 11.7. The Hall–Kier alpha value is -0.380. The molecular weight excluding hydrogens is 212 g/mol. The maximum absolute atomic E-state index is 5.16. The van der Waals surface area contributed by atoms with Crippen LogP contribution < -0.4 is 5.32 Å². The Balaban J connectivity index is 2.02. The minimum absolute atomic E-state index is 0.754. The Labute approximate surface area is 106 Å². The Kier molecular flexibility index (Phi) is 7.49. The Morgan fingerprint density at radius 1 is 1.47 bits per heavy atom. The van der Waals surface area contributed by atoms with Crippen LogP contribution in [0.2, 0.25) is 0 Å². The summed E-state index contributed by atoms with van der Waals surface area (Å²) < 4.78 is 5.16. The Morgan fingerprint density at radius 3 is 2.88 bits per heavy atom. The molecule has 1 rings (SSSR count). The van der Waals surface area contributed by atoms with Gasteiger partial charge in [0, 0.05) is 20.2 Å². The highest BCUT2D eigenvalue weighted by Crippen LogP contribution is 2.10. The van der Waals surface area contributed by atoms with Gasteiger partial charge in [-0.05, 0) is 44.0 Å². The molecule has 1 aliphatic rings. The van der Waals surface area contributed by atoms with E-state index in [0.717, 1.165) is 32.2 Å². The molecule has 0 aliphatic carbocycles. The summed E-state index contributed by atoms with van der Waals surface area (Å²) in [6.45, 7) is 11.1. The van der Waals surface area contributed by atoms with Crippen molar-refractivity contribution in [2.45, 2.75) is 26.7 Å². The molecule has 0 spiro atoms. The van der Waals surface area contributed by atoms with E-state index < -0.39 is 0 Å². The maximum atomic E-state index is 5.16. The van der Waals surface area contributed by atoms with Crippen LogP contribution in [0.1, 0.15) is 26.7 Å². The fourth-order valence-corrected chi connectivity index (χ4v) is 2.09. The van der Waals surface area contributed by atoms with Crippen molar-refractivity contribution in [1.29, 1.82) is 0 Å². The molecule has 1 N–H and O–H groups in total. The number of nitrogens with one attached hydrogen (secondary N) is 1. The highest BCUT2D eigenvalue weighted by molar-refractivity contribution is 5.07. The lowest BCUT2D eigenvalue weighted by molar-refractivity contribution is 0.211. The zero-order valence-electron chi connectivity index (χ0n) is 11.7. The molecule has 0 amide bonds. The second-order valence-corrected chi connectivity index (χ2v) is 5.30. The van der Waals surface area contributed by atoms with E-state index in [0.29, 0.717) is 0 Å². The van der Waals surface area contributed by atoms with E-state index in [2.05, 4.69) is 30.1 Å². The summed E-state index contributed by atoms with van der Waals surface area (Å²) in [6, 6.07) is 0. The van der Waals surface area contributed by atoms with Crippen LogP contribution in [0.25, 0.3) is 0 Å². The molecule has 0 aromatic carbocycles. The quantitative estimate of drug-likeness (QED) is 0.518. The van der Waals surface area contributed by atoms with Gasteiger partial charge in [-0.25, -0.2) is 0 Å². The van der Waals surface area contributed by atoms with Gasteiger partial charge in [0.15, 0.2) is 0 Å². The van der Waals surface area contributed by atoms with Crippen molar-refractivity contribution in [2.24, 2.45) is 5.92 Å². The average molecular weight is 240 g/mol. The van der Waals surface area contributed by atoms with E-state index in [1.807, 2.05) is 0 Å². The van der Waals surface area contributed by atoms with E-state index in [4.69, 9.17) is 4.74 Å². The fourth-order valence-electron chi connectivity index (χ4n) is 2.09. The molecular formula is C14H28N2O. The van der Waals surface area contributed by atoms with Gasteiger partial charge in [-0.15, -0.1) is 0 Å². The van der Waals surface area contributed by atoms with Crippen molar-refractivity contribution in [3.8, 4) is 0 Å². The molecule has 1 aliphatic heterocycles. The second-order valence-electron chi connectivity index (χ2n) is 5.30. The summed E-state index contributed by atoms with van der Waals surface area (Å²) in [5.74, 6) is 0.754. The number of hydrogen-bond donors (Lipinski definition) is 1. The molecule has 0 saturated carbocycles. The van der Waals surface area contributed by atoms with Crippen molar-refractivity contribution in [3.05, 3.63) is 11.6 Å². The minimum Gasteiger partial charge on any atom is -0.380 e. The first kappa shape index (κ1) is 14.7. The molecule has 0 fully saturated rings. The van der Waals surface area contributed by atoms with Crippen LogP contribution in [0.3, 0.4) is 0 Å². The summed E-state index contributed by atoms with van der Waals surface area (Å²) in [6.07, 6.45) is 4.75. The van der Waals surface area contributed by atoms with Gasteiger partial charge in [-0.1, -0.05) is 19.9 Å². The standard InChI is InChI=1S/C14H28N2O/c1-13(2)11-15-7-4-8-16-9-5-14(6-10-16)12-17-3/h5,13,15H,4,6-12H2,1-3H3. The number of rotatable bonds is 8. The molecule has 100 valence electrons. The van der Waals surface area contributed by atoms with E-state index in [1.165, 1.54) is 31.5 Å². The number of ether oxygens (including phenoxy) is 1. The number of methoxy groups -OCH3 is 1. The molecule has 0 aromatic heterocycles. The zero-order chi connectivity index (χ0) is 12.5. The number of hydrogen-bond acceptors (Lipinski definition) is 3. The van der Waals surface area contributed by atoms with Crippen molar-refractivity contribution < 1.29 is 4.74 Å². The molecule has 0 atom stereocenters. The molecule has 0 saturated heterocycles. The van der Waals surface area contributed by atoms with Gasteiger partial charge in [-0.2, -0.15) is 0 Å². The van der Waals surface area contributed by atoms with Crippen LogP contribution in [-0.4, -0.2) is 51.3 Å². The molecule has 0 unspecified atom stereocenters. The fraction of sp³-hybridized carbons (Fsp3) is 0.857. The van der Waals surface area contributed by atoms with Crippen LogP contribution in [0.5, 0.6) is 0 Å². The van der Waals surface area contributed by atoms with Crippen molar-refractivity contribution in [2.75, 3.05) is 46.4 Å². The van der Waals surface area contributed by atoms with Gasteiger partial charge in [0.1, 0.15) is 0 Å². The van der Waals surface area contributed by atoms with Gasteiger partial charge < -0.3 is 10.1 Å². The highest BCUT2D eigenvalue weighted by Gasteiger charge is 2.10. The first-order chi connectivity index (χ1) is 8.22. The molecule has 1 heterocycles. The van der Waals surface area contributed by atoms with Gasteiger partial charge in [0.05, 0.1) is 6.61 Å². The van der Waals surface area contributed by atoms with Crippen LogP contribution in [0, 0.1) is 5.92 Å². The summed E-state index contributed by atoms with van der Waals surface area (Å²) in [7, 11) is 1.77. The van der Waals surface area contributed by atoms with E-state index >= 15 is 0 Å². The average Bonchev–Trinajstić information content (AvgIpc) is 2.31. The molecule has 17 heavy (non-hydrogen) atoms. The van der Waals surface area contributed by atoms with Crippen LogP contribution in [-0.2, 0) is 4.74 Å². The van der Waals surface area contributed by atoms with Gasteiger partial charge in [0.25, 0.3) is 0 Å². The molecule has 0 bridgehead atoms. The second kappa shape index (κ2) is 8.67. The van der Waals surface area contributed by atoms with E-state index in [9.17, 15) is 0 Å².